The summed E-state index contributed by atoms with van der Waals surface area (Å²) in [5.74, 6) is -0.0956. The molecule has 1 amide bonds. The molecule has 3 rings (SSSR count). The largest absolute Gasteiger partial charge is 0.349 e. The molecule has 6 nitrogen and oxygen atoms in total. The molecule has 1 atom stereocenters. The van der Waals surface area contributed by atoms with Crippen molar-refractivity contribution in [3.8, 4) is 0 Å². The van der Waals surface area contributed by atoms with Crippen LogP contribution in [0.25, 0.3) is 0 Å². The lowest BCUT2D eigenvalue weighted by atomic mass is 9.79. The Morgan fingerprint density at radius 3 is 2.33 bits per heavy atom. The summed E-state index contributed by atoms with van der Waals surface area (Å²) < 4.78 is 25.5. The van der Waals surface area contributed by atoms with Gasteiger partial charge in [0.1, 0.15) is 0 Å². The first-order chi connectivity index (χ1) is 12.3. The van der Waals surface area contributed by atoms with Crippen molar-refractivity contribution in [2.75, 3.05) is 10.6 Å². The predicted octanol–water partition coefficient (Wildman–Crippen LogP) is 2.44. The Morgan fingerprint density at radius 1 is 1.19 bits per heavy atom. The van der Waals surface area contributed by atoms with Gasteiger partial charge in [0.05, 0.1) is 11.9 Å². The van der Waals surface area contributed by atoms with Gasteiger partial charge in [-0.3, -0.25) is 9.10 Å². The second-order valence-corrected chi connectivity index (χ2v) is 11.3. The van der Waals surface area contributed by atoms with Crippen LogP contribution in [-0.2, 0) is 16.4 Å². The first-order valence-electron chi connectivity index (χ1n) is 9.50. The van der Waals surface area contributed by atoms with Crippen molar-refractivity contribution in [2.24, 2.45) is 0 Å². The Hall–Kier alpha value is -1.60. The van der Waals surface area contributed by atoms with Gasteiger partial charge in [-0.15, -0.1) is 0 Å². The Labute approximate surface area is 162 Å². The molecule has 0 spiro atoms. The standard InChI is InChI=1S/C20H31N3O3S/c1-13-9-15-10-14(7-8-17(15)23(13)27(6,25)26)18(24)21-16-11-19(2,3)22-20(4,5)12-16/h7-8,10,13,16,22H,9,11-12H2,1-6H3,(H,21,24)/t13-/m0/s1. The van der Waals surface area contributed by atoms with Crippen LogP contribution < -0.4 is 14.9 Å². The lowest BCUT2D eigenvalue weighted by molar-refractivity contribution is 0.0873. The van der Waals surface area contributed by atoms with Gasteiger partial charge < -0.3 is 10.6 Å². The van der Waals surface area contributed by atoms with E-state index in [9.17, 15) is 13.2 Å². The van der Waals surface area contributed by atoms with Crippen LogP contribution in [0.1, 0.15) is 63.4 Å². The molecule has 0 unspecified atom stereocenters. The van der Waals surface area contributed by atoms with Gasteiger partial charge in [0, 0.05) is 28.7 Å². The molecule has 1 fully saturated rings. The van der Waals surface area contributed by atoms with E-state index >= 15 is 0 Å². The molecule has 7 heteroatoms. The second-order valence-electron chi connectivity index (χ2n) is 9.43. The van der Waals surface area contributed by atoms with Gasteiger partial charge in [-0.25, -0.2) is 8.42 Å². The number of sulfonamides is 1. The lowest BCUT2D eigenvalue weighted by Crippen LogP contribution is -2.62. The average Bonchev–Trinajstić information content (AvgIpc) is 2.78. The third kappa shape index (κ3) is 4.29. The van der Waals surface area contributed by atoms with E-state index in [4.69, 9.17) is 0 Å². The number of amides is 1. The summed E-state index contributed by atoms with van der Waals surface area (Å²) in [7, 11) is -3.32. The summed E-state index contributed by atoms with van der Waals surface area (Å²) in [6, 6.07) is 5.29. The smallest absolute Gasteiger partial charge is 0.251 e. The topological polar surface area (TPSA) is 78.5 Å². The molecule has 2 heterocycles. The fourth-order valence-electron chi connectivity index (χ4n) is 4.94. The third-order valence-electron chi connectivity index (χ3n) is 5.38. The van der Waals surface area contributed by atoms with Crippen LogP contribution in [0.15, 0.2) is 18.2 Å². The summed E-state index contributed by atoms with van der Waals surface area (Å²) in [6.07, 6.45) is 3.58. The highest BCUT2D eigenvalue weighted by atomic mass is 32.2. The minimum absolute atomic E-state index is 0.0386. The van der Waals surface area contributed by atoms with Crippen LogP contribution in [0.4, 0.5) is 5.69 Å². The molecule has 2 aliphatic heterocycles. The van der Waals surface area contributed by atoms with Crippen LogP contribution in [0.2, 0.25) is 0 Å². The van der Waals surface area contributed by atoms with Gasteiger partial charge >= 0.3 is 0 Å². The Bertz CT molecular complexity index is 845. The van der Waals surface area contributed by atoms with Crippen LogP contribution in [-0.4, -0.2) is 43.7 Å². The zero-order valence-electron chi connectivity index (χ0n) is 17.1. The van der Waals surface area contributed by atoms with Crippen LogP contribution in [0.5, 0.6) is 0 Å². The number of hydrogen-bond acceptors (Lipinski definition) is 4. The molecule has 0 aromatic heterocycles. The summed E-state index contributed by atoms with van der Waals surface area (Å²) in [5, 5.41) is 6.80. The van der Waals surface area contributed by atoms with Crippen molar-refractivity contribution in [3.05, 3.63) is 29.3 Å². The SMILES string of the molecule is C[C@H]1Cc2cc(C(=O)NC3CC(C)(C)NC(C)(C)C3)ccc2N1S(C)(=O)=O. The van der Waals surface area contributed by atoms with E-state index in [2.05, 4.69) is 38.3 Å². The van der Waals surface area contributed by atoms with Gasteiger partial charge in [-0.1, -0.05) is 0 Å². The first-order valence-corrected chi connectivity index (χ1v) is 11.3. The Balaban J connectivity index is 1.79. The second kappa shape index (κ2) is 6.48. The number of nitrogens with zero attached hydrogens (tertiary/aromatic N) is 1. The highest BCUT2D eigenvalue weighted by Gasteiger charge is 2.38. The molecular formula is C20H31N3O3S. The predicted molar refractivity (Wildman–Crippen MR) is 109 cm³/mol. The number of rotatable bonds is 3. The normalized spacial score (nSPS) is 24.5. The maximum atomic E-state index is 12.8. The fraction of sp³-hybridized carbons (Fsp3) is 0.650. The first kappa shape index (κ1) is 20.1. The number of piperidine rings is 1. The zero-order valence-corrected chi connectivity index (χ0v) is 17.9. The average molecular weight is 394 g/mol. The Kier molecular flexibility index (Phi) is 4.84. The summed E-state index contributed by atoms with van der Waals surface area (Å²) in [4.78, 5) is 12.8. The Morgan fingerprint density at radius 2 is 1.78 bits per heavy atom. The van der Waals surface area contributed by atoms with Crippen LogP contribution >= 0.6 is 0 Å². The van der Waals surface area contributed by atoms with Gasteiger partial charge in [-0.05, 0) is 77.6 Å². The number of fused-ring (bicyclic) bond motifs is 1. The molecular weight excluding hydrogens is 362 g/mol. The third-order valence-corrected chi connectivity index (χ3v) is 6.65. The fourth-order valence-corrected chi connectivity index (χ4v) is 6.21. The van der Waals surface area contributed by atoms with Crippen molar-refractivity contribution < 1.29 is 13.2 Å². The molecule has 2 N–H and O–H groups in total. The highest BCUT2D eigenvalue weighted by Crippen LogP contribution is 2.35. The minimum atomic E-state index is -3.32. The van der Waals surface area contributed by atoms with Crippen molar-refractivity contribution in [2.45, 2.75) is 77.0 Å². The number of carbonyl (C=O) groups excluding carboxylic acids is 1. The lowest BCUT2D eigenvalue weighted by Gasteiger charge is -2.46. The molecule has 0 bridgehead atoms. The van der Waals surface area contributed by atoms with Crippen molar-refractivity contribution in [3.63, 3.8) is 0 Å². The summed E-state index contributed by atoms with van der Waals surface area (Å²) in [6.45, 7) is 10.5. The molecule has 150 valence electrons. The monoisotopic (exact) mass is 393 g/mol. The molecule has 1 aromatic rings. The molecule has 27 heavy (non-hydrogen) atoms. The summed E-state index contributed by atoms with van der Waals surface area (Å²) in [5.41, 5.74) is 2.11. The summed E-state index contributed by atoms with van der Waals surface area (Å²) >= 11 is 0. The molecule has 2 aliphatic rings. The van der Waals surface area contributed by atoms with Gasteiger partial charge in [0.2, 0.25) is 10.0 Å². The molecule has 1 saturated heterocycles. The van der Waals surface area contributed by atoms with E-state index in [0.717, 1.165) is 18.4 Å². The van der Waals surface area contributed by atoms with Gasteiger partial charge in [0.15, 0.2) is 0 Å². The van der Waals surface area contributed by atoms with E-state index < -0.39 is 10.0 Å². The number of benzene rings is 1. The van der Waals surface area contributed by atoms with Crippen molar-refractivity contribution in [1.82, 2.24) is 10.6 Å². The quantitative estimate of drug-likeness (QED) is 0.827. The van der Waals surface area contributed by atoms with Crippen LogP contribution in [0.3, 0.4) is 0 Å². The van der Waals surface area contributed by atoms with E-state index in [1.165, 1.54) is 10.6 Å². The van der Waals surface area contributed by atoms with E-state index in [0.29, 0.717) is 17.7 Å². The molecule has 0 radical (unpaired) electrons. The minimum Gasteiger partial charge on any atom is -0.349 e. The highest BCUT2D eigenvalue weighted by molar-refractivity contribution is 7.92. The van der Waals surface area contributed by atoms with Gasteiger partial charge in [0.25, 0.3) is 5.91 Å². The maximum absolute atomic E-state index is 12.8. The van der Waals surface area contributed by atoms with Gasteiger partial charge in [-0.2, -0.15) is 0 Å². The van der Waals surface area contributed by atoms with E-state index in [1.807, 2.05) is 13.0 Å². The maximum Gasteiger partial charge on any atom is 0.251 e. The number of hydrogen-bond donors (Lipinski definition) is 2. The van der Waals surface area contributed by atoms with Crippen molar-refractivity contribution in [1.29, 1.82) is 0 Å². The van der Waals surface area contributed by atoms with Crippen molar-refractivity contribution >= 4 is 21.6 Å². The number of nitrogens with one attached hydrogen (secondary N) is 2. The van der Waals surface area contributed by atoms with Crippen LogP contribution in [0, 0.1) is 0 Å². The molecule has 0 aliphatic carbocycles. The number of anilines is 1. The van der Waals surface area contributed by atoms with E-state index in [1.54, 1.807) is 12.1 Å². The van der Waals surface area contributed by atoms with E-state index in [-0.39, 0.29) is 29.1 Å². The zero-order chi connectivity index (χ0) is 20.2. The number of carbonyl (C=O) groups is 1. The molecule has 0 saturated carbocycles. The molecule has 1 aromatic carbocycles.